The zero-order valence-corrected chi connectivity index (χ0v) is 12.2. The lowest BCUT2D eigenvalue weighted by molar-refractivity contribution is 0.440. The second-order valence-electron chi connectivity index (χ2n) is 3.11. The summed E-state index contributed by atoms with van der Waals surface area (Å²) < 4.78 is 27.1. The van der Waals surface area contributed by atoms with Gasteiger partial charge in [-0.2, -0.15) is 9.40 Å². The molecule has 0 saturated heterocycles. The summed E-state index contributed by atoms with van der Waals surface area (Å²) in [6, 6.07) is 0. The van der Waals surface area contributed by atoms with E-state index in [1.165, 1.54) is 15.2 Å². The summed E-state index contributed by atoms with van der Waals surface area (Å²) in [6.45, 7) is 2.58. The van der Waals surface area contributed by atoms with Crippen molar-refractivity contribution in [3.8, 4) is 0 Å². The van der Waals surface area contributed by atoms with Gasteiger partial charge in [-0.1, -0.05) is 34.5 Å². The summed E-state index contributed by atoms with van der Waals surface area (Å²) in [6.07, 6.45) is 1.33. The van der Waals surface area contributed by atoms with Gasteiger partial charge < -0.3 is 0 Å². The fourth-order valence-corrected chi connectivity index (χ4v) is 4.07. The van der Waals surface area contributed by atoms with Crippen LogP contribution in [0.15, 0.2) is 11.2 Å². The molecule has 0 radical (unpaired) electrons. The quantitative estimate of drug-likeness (QED) is 0.768. The molecule has 8 heteroatoms. The SMILES string of the molecule is CCN(CCBr)S(=O)(=O)c1c(Cl)cnn1C. The van der Waals surface area contributed by atoms with Gasteiger partial charge in [-0.05, 0) is 0 Å². The first-order valence-corrected chi connectivity index (χ1v) is 7.62. The molecular weight excluding hydrogens is 318 g/mol. The number of rotatable bonds is 5. The van der Waals surface area contributed by atoms with Gasteiger partial charge in [0.2, 0.25) is 0 Å². The van der Waals surface area contributed by atoms with E-state index in [0.717, 1.165) is 0 Å². The van der Waals surface area contributed by atoms with Crippen LogP contribution < -0.4 is 0 Å². The standard InChI is InChI=1S/C8H13BrClN3O2S/c1-3-13(5-4-9)16(14,15)8-7(10)6-11-12(8)2/h6H,3-5H2,1-2H3. The Morgan fingerprint density at radius 3 is 2.62 bits per heavy atom. The molecule has 1 aromatic heterocycles. The fourth-order valence-electron chi connectivity index (χ4n) is 1.35. The molecule has 0 aliphatic carbocycles. The maximum Gasteiger partial charge on any atom is 0.261 e. The van der Waals surface area contributed by atoms with Crippen LogP contribution in [-0.4, -0.2) is 40.9 Å². The number of hydrogen-bond donors (Lipinski definition) is 0. The maximum absolute atomic E-state index is 12.2. The largest absolute Gasteiger partial charge is 0.261 e. The summed E-state index contributed by atoms with van der Waals surface area (Å²) >= 11 is 9.05. The van der Waals surface area contributed by atoms with Gasteiger partial charge in [-0.25, -0.2) is 8.42 Å². The van der Waals surface area contributed by atoms with E-state index in [9.17, 15) is 8.42 Å². The number of alkyl halides is 1. The normalized spacial score (nSPS) is 12.3. The maximum atomic E-state index is 12.2. The fraction of sp³-hybridized carbons (Fsp3) is 0.625. The summed E-state index contributed by atoms with van der Waals surface area (Å²) in [5.41, 5.74) is 0. The Kier molecular flexibility index (Phi) is 4.78. The summed E-state index contributed by atoms with van der Waals surface area (Å²) in [7, 11) is -2.00. The monoisotopic (exact) mass is 329 g/mol. The Morgan fingerprint density at radius 1 is 1.62 bits per heavy atom. The summed E-state index contributed by atoms with van der Waals surface area (Å²) in [4.78, 5) is 0. The first-order chi connectivity index (χ1) is 7.45. The molecule has 5 nitrogen and oxygen atoms in total. The Bertz CT molecular complexity index is 440. The molecule has 0 aliphatic heterocycles. The zero-order valence-electron chi connectivity index (χ0n) is 9.02. The summed E-state index contributed by atoms with van der Waals surface area (Å²) in [5.74, 6) is 0. The molecule has 1 aromatic rings. The molecular formula is C8H13BrClN3O2S. The first-order valence-electron chi connectivity index (χ1n) is 4.68. The van der Waals surface area contributed by atoms with Gasteiger partial charge in [-0.15, -0.1) is 0 Å². The molecule has 1 heterocycles. The second-order valence-corrected chi connectivity index (χ2v) is 6.16. The van der Waals surface area contributed by atoms with Crippen LogP contribution in [0.5, 0.6) is 0 Å². The number of aromatic nitrogens is 2. The molecule has 0 aromatic carbocycles. The zero-order chi connectivity index (χ0) is 12.3. The Balaban J connectivity index is 3.20. The summed E-state index contributed by atoms with van der Waals surface area (Å²) in [5, 5.41) is 4.59. The van der Waals surface area contributed by atoms with Crippen LogP contribution in [0.2, 0.25) is 5.02 Å². The van der Waals surface area contributed by atoms with Crippen molar-refractivity contribution in [3.05, 3.63) is 11.2 Å². The predicted molar refractivity (Wildman–Crippen MR) is 66.4 cm³/mol. The minimum atomic E-state index is -3.56. The van der Waals surface area contributed by atoms with Crippen molar-refractivity contribution in [2.75, 3.05) is 18.4 Å². The Labute approximate surface area is 109 Å². The third kappa shape index (κ3) is 2.58. The van der Waals surface area contributed by atoms with Gasteiger partial charge in [0.15, 0.2) is 5.03 Å². The van der Waals surface area contributed by atoms with E-state index in [1.54, 1.807) is 14.0 Å². The van der Waals surface area contributed by atoms with Crippen LogP contribution in [0.4, 0.5) is 0 Å². The number of hydrogen-bond acceptors (Lipinski definition) is 3. The minimum absolute atomic E-state index is 0.0389. The van der Waals surface area contributed by atoms with Gasteiger partial charge in [0, 0.05) is 25.5 Å². The van der Waals surface area contributed by atoms with Crippen LogP contribution in [0, 0.1) is 0 Å². The highest BCUT2D eigenvalue weighted by Gasteiger charge is 2.28. The third-order valence-corrected chi connectivity index (χ3v) is 4.95. The van der Waals surface area contributed by atoms with Crippen LogP contribution in [0.1, 0.15) is 6.92 Å². The lowest BCUT2D eigenvalue weighted by Crippen LogP contribution is -2.33. The lowest BCUT2D eigenvalue weighted by Gasteiger charge is -2.19. The molecule has 0 fully saturated rings. The van der Waals surface area contributed by atoms with Gasteiger partial charge >= 0.3 is 0 Å². The van der Waals surface area contributed by atoms with Crippen molar-refractivity contribution in [1.29, 1.82) is 0 Å². The number of aryl methyl sites for hydroxylation is 1. The van der Waals surface area contributed by atoms with Crippen molar-refractivity contribution in [2.45, 2.75) is 11.9 Å². The van der Waals surface area contributed by atoms with E-state index in [-0.39, 0.29) is 10.0 Å². The van der Waals surface area contributed by atoms with Gasteiger partial charge in [-0.3, -0.25) is 4.68 Å². The average Bonchev–Trinajstić information content (AvgIpc) is 2.55. The number of sulfonamides is 1. The van der Waals surface area contributed by atoms with Crippen LogP contribution >= 0.6 is 27.5 Å². The molecule has 0 bridgehead atoms. The smallest absolute Gasteiger partial charge is 0.255 e. The molecule has 0 atom stereocenters. The third-order valence-electron chi connectivity index (χ3n) is 2.11. The van der Waals surface area contributed by atoms with Gasteiger partial charge in [0.05, 0.1) is 11.2 Å². The molecule has 16 heavy (non-hydrogen) atoms. The van der Waals surface area contributed by atoms with Crippen LogP contribution in [0.25, 0.3) is 0 Å². The van der Waals surface area contributed by atoms with Crippen LogP contribution in [0.3, 0.4) is 0 Å². The number of halogens is 2. The van der Waals surface area contributed by atoms with Crippen molar-refractivity contribution in [3.63, 3.8) is 0 Å². The first kappa shape index (κ1) is 14.0. The molecule has 0 amide bonds. The average molecular weight is 331 g/mol. The highest BCUT2D eigenvalue weighted by Crippen LogP contribution is 2.23. The van der Waals surface area contributed by atoms with Crippen molar-refractivity contribution in [1.82, 2.24) is 14.1 Å². The number of nitrogens with zero attached hydrogens (tertiary/aromatic N) is 3. The topological polar surface area (TPSA) is 55.2 Å². The molecule has 1 rings (SSSR count). The van der Waals surface area contributed by atoms with Crippen molar-refractivity contribution >= 4 is 37.6 Å². The van der Waals surface area contributed by atoms with Crippen molar-refractivity contribution < 1.29 is 8.42 Å². The lowest BCUT2D eigenvalue weighted by atomic mass is 10.7. The van der Waals surface area contributed by atoms with E-state index in [2.05, 4.69) is 21.0 Å². The minimum Gasteiger partial charge on any atom is -0.255 e. The van der Waals surface area contributed by atoms with E-state index in [4.69, 9.17) is 11.6 Å². The predicted octanol–water partition coefficient (Wildman–Crippen LogP) is 1.48. The second kappa shape index (κ2) is 5.48. The van der Waals surface area contributed by atoms with Crippen LogP contribution in [-0.2, 0) is 17.1 Å². The van der Waals surface area contributed by atoms with E-state index < -0.39 is 10.0 Å². The molecule has 0 N–H and O–H groups in total. The molecule has 0 aliphatic rings. The highest BCUT2D eigenvalue weighted by molar-refractivity contribution is 9.09. The molecule has 0 unspecified atom stereocenters. The van der Waals surface area contributed by atoms with Gasteiger partial charge in [0.25, 0.3) is 10.0 Å². The van der Waals surface area contributed by atoms with E-state index in [0.29, 0.717) is 18.4 Å². The molecule has 92 valence electrons. The van der Waals surface area contributed by atoms with Crippen molar-refractivity contribution in [2.24, 2.45) is 7.05 Å². The Morgan fingerprint density at radius 2 is 2.25 bits per heavy atom. The molecule has 0 spiro atoms. The highest BCUT2D eigenvalue weighted by atomic mass is 79.9. The Hall–Kier alpha value is -0.110. The molecule has 0 saturated carbocycles. The van der Waals surface area contributed by atoms with E-state index >= 15 is 0 Å². The van der Waals surface area contributed by atoms with Gasteiger partial charge in [0.1, 0.15) is 0 Å². The van der Waals surface area contributed by atoms with E-state index in [1.807, 2.05) is 0 Å².